The van der Waals surface area contributed by atoms with Gasteiger partial charge in [0.1, 0.15) is 0 Å². The van der Waals surface area contributed by atoms with Gasteiger partial charge in [-0.2, -0.15) is 0 Å². The number of nitrogens with zero attached hydrogens (tertiary/aromatic N) is 1. The second-order valence-corrected chi connectivity index (χ2v) is 2.95. The second-order valence-electron chi connectivity index (χ2n) is 2.95. The van der Waals surface area contributed by atoms with E-state index in [2.05, 4.69) is 5.43 Å². The summed E-state index contributed by atoms with van der Waals surface area (Å²) < 4.78 is 0. The zero-order valence-corrected chi connectivity index (χ0v) is 6.84. The van der Waals surface area contributed by atoms with E-state index in [0.29, 0.717) is 13.0 Å². The quantitative estimate of drug-likeness (QED) is 0.427. The summed E-state index contributed by atoms with van der Waals surface area (Å²) >= 11 is 0. The van der Waals surface area contributed by atoms with E-state index in [1.807, 2.05) is 11.8 Å². The Hall–Kier alpha value is -0.610. The van der Waals surface area contributed by atoms with Crippen molar-refractivity contribution >= 4 is 5.91 Å². The standard InChI is InChI=1S/C7H15N3O/c1-6(5-9-8)10-4-2-3-7(10)11/h6,9H,2-5,8H2,1H3. The Morgan fingerprint density at radius 1 is 1.82 bits per heavy atom. The summed E-state index contributed by atoms with van der Waals surface area (Å²) in [5, 5.41) is 0. The summed E-state index contributed by atoms with van der Waals surface area (Å²) in [5.74, 6) is 5.41. The van der Waals surface area contributed by atoms with Crippen LogP contribution in [0, 0.1) is 0 Å². The monoisotopic (exact) mass is 157 g/mol. The number of nitrogens with one attached hydrogen (secondary N) is 1. The van der Waals surface area contributed by atoms with Crippen molar-refractivity contribution in [3.8, 4) is 0 Å². The molecule has 1 aliphatic rings. The van der Waals surface area contributed by atoms with E-state index in [1.54, 1.807) is 0 Å². The zero-order valence-electron chi connectivity index (χ0n) is 6.84. The lowest BCUT2D eigenvalue weighted by Crippen LogP contribution is -2.42. The van der Waals surface area contributed by atoms with Gasteiger partial charge < -0.3 is 4.90 Å². The topological polar surface area (TPSA) is 58.4 Å². The van der Waals surface area contributed by atoms with E-state index in [0.717, 1.165) is 13.0 Å². The molecule has 0 saturated carbocycles. The Morgan fingerprint density at radius 2 is 2.55 bits per heavy atom. The molecule has 1 amide bonds. The smallest absolute Gasteiger partial charge is 0.222 e. The van der Waals surface area contributed by atoms with Crippen LogP contribution in [0.25, 0.3) is 0 Å². The Kier molecular flexibility index (Phi) is 2.84. The molecule has 0 radical (unpaired) electrons. The highest BCUT2D eigenvalue weighted by Crippen LogP contribution is 2.12. The van der Waals surface area contributed by atoms with Gasteiger partial charge in [-0.3, -0.25) is 16.1 Å². The molecule has 64 valence electrons. The van der Waals surface area contributed by atoms with Gasteiger partial charge in [0.2, 0.25) is 5.91 Å². The molecular weight excluding hydrogens is 142 g/mol. The van der Waals surface area contributed by atoms with E-state index < -0.39 is 0 Å². The lowest BCUT2D eigenvalue weighted by Gasteiger charge is -2.23. The maximum atomic E-state index is 11.1. The Morgan fingerprint density at radius 3 is 3.00 bits per heavy atom. The van der Waals surface area contributed by atoms with Gasteiger partial charge in [0, 0.05) is 25.6 Å². The van der Waals surface area contributed by atoms with Gasteiger partial charge in [-0.25, -0.2) is 0 Å². The van der Waals surface area contributed by atoms with Gasteiger partial charge in [-0.05, 0) is 13.3 Å². The van der Waals surface area contributed by atoms with Crippen molar-refractivity contribution in [1.29, 1.82) is 0 Å². The third kappa shape index (κ3) is 1.91. The van der Waals surface area contributed by atoms with E-state index in [1.165, 1.54) is 0 Å². The van der Waals surface area contributed by atoms with Gasteiger partial charge in [0.25, 0.3) is 0 Å². The molecule has 1 rings (SSSR count). The molecule has 3 N–H and O–H groups in total. The van der Waals surface area contributed by atoms with Crippen molar-refractivity contribution in [1.82, 2.24) is 10.3 Å². The number of likely N-dealkylation sites (tertiary alicyclic amines) is 1. The van der Waals surface area contributed by atoms with Gasteiger partial charge in [0.05, 0.1) is 0 Å². The van der Waals surface area contributed by atoms with Gasteiger partial charge >= 0.3 is 0 Å². The van der Waals surface area contributed by atoms with Crippen LogP contribution in [0.4, 0.5) is 0 Å². The molecule has 11 heavy (non-hydrogen) atoms. The van der Waals surface area contributed by atoms with Crippen LogP contribution < -0.4 is 11.3 Å². The van der Waals surface area contributed by atoms with Crippen LogP contribution in [0.1, 0.15) is 19.8 Å². The zero-order chi connectivity index (χ0) is 8.27. The van der Waals surface area contributed by atoms with Crippen molar-refractivity contribution < 1.29 is 4.79 Å². The number of hydrogen-bond donors (Lipinski definition) is 2. The third-order valence-corrected chi connectivity index (χ3v) is 2.06. The fourth-order valence-electron chi connectivity index (χ4n) is 1.42. The maximum absolute atomic E-state index is 11.1. The van der Waals surface area contributed by atoms with Crippen molar-refractivity contribution in [2.75, 3.05) is 13.1 Å². The maximum Gasteiger partial charge on any atom is 0.222 e. The molecule has 1 atom stereocenters. The van der Waals surface area contributed by atoms with Crippen LogP contribution in [0.5, 0.6) is 0 Å². The number of rotatable bonds is 3. The lowest BCUT2D eigenvalue weighted by atomic mass is 10.3. The van der Waals surface area contributed by atoms with Crippen molar-refractivity contribution in [3.05, 3.63) is 0 Å². The van der Waals surface area contributed by atoms with Gasteiger partial charge in [-0.1, -0.05) is 0 Å². The second kappa shape index (κ2) is 3.69. The van der Waals surface area contributed by atoms with E-state index in [4.69, 9.17) is 5.84 Å². The fourth-order valence-corrected chi connectivity index (χ4v) is 1.42. The minimum absolute atomic E-state index is 0.231. The minimum Gasteiger partial charge on any atom is -0.339 e. The van der Waals surface area contributed by atoms with Crippen molar-refractivity contribution in [3.63, 3.8) is 0 Å². The molecule has 4 nitrogen and oxygen atoms in total. The van der Waals surface area contributed by atoms with E-state index in [9.17, 15) is 4.79 Å². The first-order valence-corrected chi connectivity index (χ1v) is 3.98. The number of hydrazine groups is 1. The Labute approximate surface area is 66.7 Å². The first-order chi connectivity index (χ1) is 5.25. The van der Waals surface area contributed by atoms with E-state index in [-0.39, 0.29) is 11.9 Å². The largest absolute Gasteiger partial charge is 0.339 e. The van der Waals surface area contributed by atoms with Crippen LogP contribution in [0.15, 0.2) is 0 Å². The first kappa shape index (κ1) is 8.49. The van der Waals surface area contributed by atoms with Crippen molar-refractivity contribution in [2.45, 2.75) is 25.8 Å². The normalized spacial score (nSPS) is 20.9. The summed E-state index contributed by atoms with van der Waals surface area (Å²) in [6, 6.07) is 0.231. The van der Waals surface area contributed by atoms with Crippen LogP contribution in [0.3, 0.4) is 0 Å². The molecular formula is C7H15N3O. The first-order valence-electron chi connectivity index (χ1n) is 3.98. The molecule has 1 heterocycles. The molecule has 1 aliphatic heterocycles. The summed E-state index contributed by atoms with van der Waals surface area (Å²) in [5.41, 5.74) is 2.57. The molecule has 1 fully saturated rings. The van der Waals surface area contributed by atoms with Crippen LogP contribution in [-0.2, 0) is 4.79 Å². The highest BCUT2D eigenvalue weighted by atomic mass is 16.2. The molecule has 0 bridgehead atoms. The molecule has 0 spiro atoms. The summed E-state index contributed by atoms with van der Waals surface area (Å²) in [7, 11) is 0. The number of hydrogen-bond acceptors (Lipinski definition) is 3. The van der Waals surface area contributed by atoms with Gasteiger partial charge in [0.15, 0.2) is 0 Å². The van der Waals surface area contributed by atoms with Crippen molar-refractivity contribution in [2.24, 2.45) is 5.84 Å². The SMILES string of the molecule is CC(CNN)N1CCCC1=O. The third-order valence-electron chi connectivity index (χ3n) is 2.06. The number of carbonyl (C=O) groups excluding carboxylic acids is 1. The van der Waals surface area contributed by atoms with Crippen LogP contribution in [0.2, 0.25) is 0 Å². The van der Waals surface area contributed by atoms with Crippen LogP contribution >= 0.6 is 0 Å². The molecule has 0 aromatic rings. The highest BCUT2D eigenvalue weighted by Gasteiger charge is 2.24. The molecule has 0 aromatic heterocycles. The molecule has 4 heteroatoms. The minimum atomic E-state index is 0.231. The number of nitrogens with two attached hydrogens (primary N) is 1. The average Bonchev–Trinajstić information content (AvgIpc) is 2.36. The molecule has 0 aliphatic carbocycles. The Bertz CT molecular complexity index is 149. The Balaban J connectivity index is 2.39. The summed E-state index contributed by atoms with van der Waals surface area (Å²) in [6.45, 7) is 3.57. The molecule has 1 unspecified atom stereocenters. The van der Waals surface area contributed by atoms with Crippen LogP contribution in [-0.4, -0.2) is 29.9 Å². The molecule has 1 saturated heterocycles. The predicted octanol–water partition coefficient (Wildman–Crippen LogP) is -0.539. The lowest BCUT2D eigenvalue weighted by molar-refractivity contribution is -0.129. The number of amides is 1. The van der Waals surface area contributed by atoms with Gasteiger partial charge in [-0.15, -0.1) is 0 Å². The summed E-state index contributed by atoms with van der Waals surface area (Å²) in [6.07, 6.45) is 1.70. The predicted molar refractivity (Wildman–Crippen MR) is 42.6 cm³/mol. The average molecular weight is 157 g/mol. The molecule has 0 aromatic carbocycles. The fraction of sp³-hybridized carbons (Fsp3) is 0.857. The highest BCUT2D eigenvalue weighted by molar-refractivity contribution is 5.78. The van der Waals surface area contributed by atoms with E-state index >= 15 is 0 Å². The number of carbonyl (C=O) groups is 1. The summed E-state index contributed by atoms with van der Waals surface area (Å²) in [4.78, 5) is 13.0.